The van der Waals surface area contributed by atoms with E-state index in [0.717, 1.165) is 24.6 Å². The molecule has 0 saturated carbocycles. The standard InChI is InChI=1S/C17H18F2N2O/c1-11(2)5-6-21-17(22)13-7-12(9-20-10-13)15-8-14(18)3-4-16(15)19/h3-4,7-11H,5-6H2,1-2H3,(H,21,22). The molecule has 2 aromatic rings. The van der Waals surface area contributed by atoms with Gasteiger partial charge < -0.3 is 5.32 Å². The van der Waals surface area contributed by atoms with Gasteiger partial charge in [0.25, 0.3) is 5.91 Å². The summed E-state index contributed by atoms with van der Waals surface area (Å²) >= 11 is 0. The molecular weight excluding hydrogens is 286 g/mol. The van der Waals surface area contributed by atoms with Crippen LogP contribution in [0.25, 0.3) is 11.1 Å². The summed E-state index contributed by atoms with van der Waals surface area (Å²) in [5.74, 6) is -0.873. The Morgan fingerprint density at radius 3 is 2.73 bits per heavy atom. The van der Waals surface area contributed by atoms with E-state index in [1.807, 2.05) is 0 Å². The first-order valence-corrected chi connectivity index (χ1v) is 7.16. The smallest absolute Gasteiger partial charge is 0.252 e. The summed E-state index contributed by atoms with van der Waals surface area (Å²) < 4.78 is 27.1. The summed E-state index contributed by atoms with van der Waals surface area (Å²) in [5.41, 5.74) is 0.780. The van der Waals surface area contributed by atoms with Crippen molar-refractivity contribution in [2.75, 3.05) is 6.54 Å². The van der Waals surface area contributed by atoms with Crippen LogP contribution in [0.15, 0.2) is 36.7 Å². The van der Waals surface area contributed by atoms with E-state index >= 15 is 0 Å². The normalized spacial score (nSPS) is 10.8. The second kappa shape index (κ2) is 7.11. The number of halogens is 2. The highest BCUT2D eigenvalue weighted by atomic mass is 19.1. The number of benzene rings is 1. The molecule has 0 aliphatic rings. The second-order valence-corrected chi connectivity index (χ2v) is 5.52. The van der Waals surface area contributed by atoms with Gasteiger partial charge in [-0.15, -0.1) is 0 Å². The summed E-state index contributed by atoms with van der Waals surface area (Å²) in [7, 11) is 0. The van der Waals surface area contributed by atoms with Crippen molar-refractivity contribution in [3.05, 3.63) is 53.9 Å². The minimum Gasteiger partial charge on any atom is -0.352 e. The van der Waals surface area contributed by atoms with E-state index in [4.69, 9.17) is 0 Å². The molecule has 0 radical (unpaired) electrons. The maximum Gasteiger partial charge on any atom is 0.252 e. The molecule has 1 aromatic heterocycles. The lowest BCUT2D eigenvalue weighted by Gasteiger charge is -2.08. The fourth-order valence-corrected chi connectivity index (χ4v) is 2.01. The monoisotopic (exact) mass is 304 g/mol. The second-order valence-electron chi connectivity index (χ2n) is 5.52. The Hall–Kier alpha value is -2.30. The van der Waals surface area contributed by atoms with Crippen molar-refractivity contribution in [2.24, 2.45) is 5.92 Å². The molecule has 1 amide bonds. The minimum atomic E-state index is -0.555. The first-order valence-electron chi connectivity index (χ1n) is 7.16. The zero-order valence-corrected chi connectivity index (χ0v) is 12.6. The predicted molar refractivity (Wildman–Crippen MR) is 81.4 cm³/mol. The highest BCUT2D eigenvalue weighted by Crippen LogP contribution is 2.23. The lowest BCUT2D eigenvalue weighted by molar-refractivity contribution is 0.0951. The van der Waals surface area contributed by atoms with E-state index in [1.54, 1.807) is 0 Å². The molecule has 5 heteroatoms. The number of amides is 1. The van der Waals surface area contributed by atoms with Crippen LogP contribution in [0.1, 0.15) is 30.6 Å². The zero-order chi connectivity index (χ0) is 16.1. The lowest BCUT2D eigenvalue weighted by Crippen LogP contribution is -2.25. The van der Waals surface area contributed by atoms with Crippen molar-refractivity contribution < 1.29 is 13.6 Å². The number of rotatable bonds is 5. The van der Waals surface area contributed by atoms with Crippen molar-refractivity contribution in [1.82, 2.24) is 10.3 Å². The van der Waals surface area contributed by atoms with Crippen LogP contribution in [0.3, 0.4) is 0 Å². The molecule has 0 bridgehead atoms. The van der Waals surface area contributed by atoms with Crippen molar-refractivity contribution in [2.45, 2.75) is 20.3 Å². The molecule has 0 saturated heterocycles. The molecule has 0 aliphatic carbocycles. The largest absolute Gasteiger partial charge is 0.352 e. The third kappa shape index (κ3) is 4.10. The van der Waals surface area contributed by atoms with Gasteiger partial charge in [0.15, 0.2) is 0 Å². The van der Waals surface area contributed by atoms with Crippen LogP contribution in [0.2, 0.25) is 0 Å². The van der Waals surface area contributed by atoms with Crippen molar-refractivity contribution in [3.63, 3.8) is 0 Å². The van der Waals surface area contributed by atoms with Crippen molar-refractivity contribution >= 4 is 5.91 Å². The fraction of sp³-hybridized carbons (Fsp3) is 0.294. The molecule has 116 valence electrons. The van der Waals surface area contributed by atoms with Crippen LogP contribution in [-0.2, 0) is 0 Å². The van der Waals surface area contributed by atoms with Crippen molar-refractivity contribution in [1.29, 1.82) is 0 Å². The molecule has 3 nitrogen and oxygen atoms in total. The first kappa shape index (κ1) is 16.1. The van der Waals surface area contributed by atoms with Gasteiger partial charge in [-0.25, -0.2) is 8.78 Å². The average Bonchev–Trinajstić information content (AvgIpc) is 2.49. The summed E-state index contributed by atoms with van der Waals surface area (Å²) in [6.45, 7) is 4.71. The molecule has 0 fully saturated rings. The Labute approximate surface area is 128 Å². The number of nitrogens with one attached hydrogen (secondary N) is 1. The predicted octanol–water partition coefficient (Wildman–Crippen LogP) is 3.80. The van der Waals surface area contributed by atoms with Gasteiger partial charge in [0.05, 0.1) is 5.56 Å². The third-order valence-corrected chi connectivity index (χ3v) is 3.25. The Morgan fingerprint density at radius 1 is 1.23 bits per heavy atom. The topological polar surface area (TPSA) is 42.0 Å². The van der Waals surface area contributed by atoms with Crippen LogP contribution in [0.4, 0.5) is 8.78 Å². The Balaban J connectivity index is 2.19. The Kier molecular flexibility index (Phi) is 5.20. The summed E-state index contributed by atoms with van der Waals surface area (Å²) in [5, 5.41) is 2.79. The molecule has 0 spiro atoms. The molecule has 0 aliphatic heterocycles. The van der Waals surface area contributed by atoms with Gasteiger partial charge in [-0.1, -0.05) is 13.8 Å². The maximum absolute atomic E-state index is 13.8. The summed E-state index contributed by atoms with van der Waals surface area (Å²) in [6, 6.07) is 4.71. The summed E-state index contributed by atoms with van der Waals surface area (Å²) in [6.07, 6.45) is 3.69. The molecule has 1 N–H and O–H groups in total. The highest BCUT2D eigenvalue weighted by molar-refractivity contribution is 5.95. The molecule has 2 rings (SSSR count). The number of hydrogen-bond donors (Lipinski definition) is 1. The fourth-order valence-electron chi connectivity index (χ4n) is 2.01. The quantitative estimate of drug-likeness (QED) is 0.913. The van der Waals surface area contributed by atoms with Crippen LogP contribution in [-0.4, -0.2) is 17.4 Å². The summed E-state index contributed by atoms with van der Waals surface area (Å²) in [4.78, 5) is 16.0. The third-order valence-electron chi connectivity index (χ3n) is 3.25. The molecule has 1 aromatic carbocycles. The van der Waals surface area contributed by atoms with Gasteiger partial charge in [-0.05, 0) is 36.6 Å². The SMILES string of the molecule is CC(C)CCNC(=O)c1cncc(-c2cc(F)ccc2F)c1. The molecule has 22 heavy (non-hydrogen) atoms. The van der Waals surface area contributed by atoms with Crippen LogP contribution in [0, 0.1) is 17.6 Å². The number of carbonyl (C=O) groups is 1. The van der Waals surface area contributed by atoms with Gasteiger partial charge in [-0.2, -0.15) is 0 Å². The van der Waals surface area contributed by atoms with Crippen LogP contribution >= 0.6 is 0 Å². The van der Waals surface area contributed by atoms with Gasteiger partial charge in [-0.3, -0.25) is 9.78 Å². The maximum atomic E-state index is 13.8. The van der Waals surface area contributed by atoms with Crippen LogP contribution < -0.4 is 5.32 Å². The number of pyridine rings is 1. The molecular formula is C17H18F2N2O. The van der Waals surface area contributed by atoms with Gasteiger partial charge in [0.1, 0.15) is 11.6 Å². The van der Waals surface area contributed by atoms with E-state index in [9.17, 15) is 13.6 Å². The Morgan fingerprint density at radius 2 is 2.00 bits per heavy atom. The van der Waals surface area contributed by atoms with E-state index in [2.05, 4.69) is 24.1 Å². The highest BCUT2D eigenvalue weighted by Gasteiger charge is 2.11. The van der Waals surface area contributed by atoms with E-state index in [1.165, 1.54) is 18.5 Å². The number of nitrogens with zero attached hydrogens (tertiary/aromatic N) is 1. The zero-order valence-electron chi connectivity index (χ0n) is 12.6. The molecule has 0 unspecified atom stereocenters. The number of hydrogen-bond acceptors (Lipinski definition) is 2. The van der Waals surface area contributed by atoms with Gasteiger partial charge >= 0.3 is 0 Å². The molecule has 1 heterocycles. The average molecular weight is 304 g/mol. The number of aromatic nitrogens is 1. The van der Waals surface area contributed by atoms with Gasteiger partial charge in [0, 0.05) is 30.1 Å². The van der Waals surface area contributed by atoms with Crippen molar-refractivity contribution in [3.8, 4) is 11.1 Å². The van der Waals surface area contributed by atoms with Crippen LogP contribution in [0.5, 0.6) is 0 Å². The van der Waals surface area contributed by atoms with E-state index in [0.29, 0.717) is 23.6 Å². The molecule has 0 atom stereocenters. The minimum absolute atomic E-state index is 0.0873. The van der Waals surface area contributed by atoms with E-state index < -0.39 is 11.6 Å². The van der Waals surface area contributed by atoms with Gasteiger partial charge in [0.2, 0.25) is 0 Å². The number of carbonyl (C=O) groups excluding carboxylic acids is 1. The Bertz CT molecular complexity index is 671. The van der Waals surface area contributed by atoms with E-state index in [-0.39, 0.29) is 11.5 Å². The lowest BCUT2D eigenvalue weighted by atomic mass is 10.0. The first-order chi connectivity index (χ1) is 10.5.